The van der Waals surface area contributed by atoms with Gasteiger partial charge in [-0.25, -0.2) is 0 Å². The first kappa shape index (κ1) is 13.8. The maximum absolute atomic E-state index is 11.3. The van der Waals surface area contributed by atoms with Crippen molar-refractivity contribution in [3.05, 3.63) is 0 Å². The predicted octanol–water partition coefficient (Wildman–Crippen LogP) is 1.05. The summed E-state index contributed by atoms with van der Waals surface area (Å²) in [7, 11) is 1.75. The molecular formula is C12H23N3O2. The minimum atomic E-state index is -0.132. The van der Waals surface area contributed by atoms with Crippen LogP contribution in [0.25, 0.3) is 0 Å². The quantitative estimate of drug-likeness (QED) is 0.316. The number of nitrogens with one attached hydrogen (secondary N) is 2. The number of esters is 1. The molecule has 0 unspecified atom stereocenters. The average molecular weight is 241 g/mol. The molecule has 0 saturated heterocycles. The van der Waals surface area contributed by atoms with Gasteiger partial charge in [-0.05, 0) is 33.1 Å². The molecule has 1 aliphatic rings. The van der Waals surface area contributed by atoms with Crippen LogP contribution in [0.4, 0.5) is 0 Å². The molecule has 0 aromatic rings. The molecule has 1 fully saturated rings. The van der Waals surface area contributed by atoms with Crippen molar-refractivity contribution < 1.29 is 9.53 Å². The smallest absolute Gasteiger partial charge is 0.306 e. The molecular weight excluding hydrogens is 218 g/mol. The number of guanidine groups is 1. The number of ether oxygens (including phenoxy) is 1. The van der Waals surface area contributed by atoms with E-state index in [4.69, 9.17) is 4.74 Å². The standard InChI is InChI=1S/C12H23N3O2/c1-9(2)17-11(16)5-4-8-14-12(13-3)15-10-6-7-10/h9-10H,4-8H2,1-3H3,(H2,13,14,15). The summed E-state index contributed by atoms with van der Waals surface area (Å²) in [4.78, 5) is 15.4. The largest absolute Gasteiger partial charge is 0.463 e. The van der Waals surface area contributed by atoms with Crippen molar-refractivity contribution in [3.63, 3.8) is 0 Å². The van der Waals surface area contributed by atoms with Gasteiger partial charge in [0.2, 0.25) is 0 Å². The molecule has 1 aliphatic carbocycles. The van der Waals surface area contributed by atoms with Crippen LogP contribution in [-0.4, -0.2) is 37.7 Å². The summed E-state index contributed by atoms with van der Waals surface area (Å²) in [5.74, 6) is 0.691. The van der Waals surface area contributed by atoms with Crippen LogP contribution in [-0.2, 0) is 9.53 Å². The lowest BCUT2D eigenvalue weighted by Gasteiger charge is -2.11. The maximum Gasteiger partial charge on any atom is 0.306 e. The minimum Gasteiger partial charge on any atom is -0.463 e. The van der Waals surface area contributed by atoms with Gasteiger partial charge >= 0.3 is 5.97 Å². The first-order valence-electron chi connectivity index (χ1n) is 6.28. The van der Waals surface area contributed by atoms with E-state index in [1.165, 1.54) is 12.8 Å². The van der Waals surface area contributed by atoms with Crippen LogP contribution in [0.3, 0.4) is 0 Å². The SMILES string of the molecule is CN=C(NCCCC(=O)OC(C)C)NC1CC1. The summed E-state index contributed by atoms with van der Waals surface area (Å²) in [6.45, 7) is 4.45. The minimum absolute atomic E-state index is 0.0280. The Hall–Kier alpha value is -1.26. The van der Waals surface area contributed by atoms with Crippen molar-refractivity contribution in [2.24, 2.45) is 4.99 Å². The Labute approximate surface area is 103 Å². The third-order valence-electron chi connectivity index (χ3n) is 2.36. The molecule has 0 heterocycles. The molecule has 0 spiro atoms. The van der Waals surface area contributed by atoms with Gasteiger partial charge < -0.3 is 15.4 Å². The number of hydrogen-bond acceptors (Lipinski definition) is 3. The zero-order valence-electron chi connectivity index (χ0n) is 11.0. The number of aliphatic imine (C=N–C) groups is 1. The lowest BCUT2D eigenvalue weighted by molar-refractivity contribution is -0.147. The second-order valence-corrected chi connectivity index (χ2v) is 4.56. The highest BCUT2D eigenvalue weighted by molar-refractivity contribution is 5.80. The second-order valence-electron chi connectivity index (χ2n) is 4.56. The van der Waals surface area contributed by atoms with E-state index in [0.717, 1.165) is 18.9 Å². The fraction of sp³-hybridized carbons (Fsp3) is 0.833. The van der Waals surface area contributed by atoms with Crippen molar-refractivity contribution in [2.45, 2.75) is 51.7 Å². The molecule has 0 bridgehead atoms. The van der Waals surface area contributed by atoms with E-state index >= 15 is 0 Å². The van der Waals surface area contributed by atoms with Gasteiger partial charge in [0.15, 0.2) is 5.96 Å². The molecule has 0 radical (unpaired) electrons. The lowest BCUT2D eigenvalue weighted by atomic mass is 10.3. The van der Waals surface area contributed by atoms with Crippen LogP contribution in [0.2, 0.25) is 0 Å². The number of carbonyl (C=O) groups excluding carboxylic acids is 1. The summed E-state index contributed by atoms with van der Waals surface area (Å²) in [6, 6.07) is 0.590. The number of carbonyl (C=O) groups is 1. The number of hydrogen-bond donors (Lipinski definition) is 2. The topological polar surface area (TPSA) is 62.7 Å². The molecule has 1 saturated carbocycles. The molecule has 5 nitrogen and oxygen atoms in total. The Morgan fingerprint density at radius 2 is 2.18 bits per heavy atom. The first-order valence-corrected chi connectivity index (χ1v) is 6.28. The molecule has 17 heavy (non-hydrogen) atoms. The zero-order chi connectivity index (χ0) is 12.7. The molecule has 0 amide bonds. The van der Waals surface area contributed by atoms with Crippen molar-refractivity contribution in [1.29, 1.82) is 0 Å². The van der Waals surface area contributed by atoms with Crippen molar-refractivity contribution >= 4 is 11.9 Å². The first-order chi connectivity index (χ1) is 8.11. The molecule has 0 aromatic heterocycles. The van der Waals surface area contributed by atoms with Gasteiger partial charge in [0.05, 0.1) is 6.10 Å². The van der Waals surface area contributed by atoms with Gasteiger partial charge in [-0.1, -0.05) is 0 Å². The van der Waals surface area contributed by atoms with Crippen LogP contribution < -0.4 is 10.6 Å². The van der Waals surface area contributed by atoms with E-state index in [9.17, 15) is 4.79 Å². The van der Waals surface area contributed by atoms with Gasteiger partial charge in [0.25, 0.3) is 0 Å². The van der Waals surface area contributed by atoms with Crippen LogP contribution in [0.15, 0.2) is 4.99 Å². The van der Waals surface area contributed by atoms with E-state index in [1.807, 2.05) is 13.8 Å². The molecule has 2 N–H and O–H groups in total. The van der Waals surface area contributed by atoms with E-state index < -0.39 is 0 Å². The fourth-order valence-electron chi connectivity index (χ4n) is 1.38. The molecule has 5 heteroatoms. The second kappa shape index (κ2) is 7.14. The highest BCUT2D eigenvalue weighted by Crippen LogP contribution is 2.18. The fourth-order valence-corrected chi connectivity index (χ4v) is 1.38. The van der Waals surface area contributed by atoms with Crippen LogP contribution in [0.5, 0.6) is 0 Å². The Morgan fingerprint density at radius 1 is 1.47 bits per heavy atom. The summed E-state index contributed by atoms with van der Waals surface area (Å²) < 4.78 is 5.05. The van der Waals surface area contributed by atoms with Gasteiger partial charge in [-0.2, -0.15) is 0 Å². The van der Waals surface area contributed by atoms with Gasteiger partial charge in [0.1, 0.15) is 0 Å². The number of nitrogens with zero attached hydrogens (tertiary/aromatic N) is 1. The normalized spacial score (nSPS) is 15.9. The average Bonchev–Trinajstić information content (AvgIpc) is 3.05. The maximum atomic E-state index is 11.3. The third kappa shape index (κ3) is 6.81. The highest BCUT2D eigenvalue weighted by atomic mass is 16.5. The van der Waals surface area contributed by atoms with E-state index in [0.29, 0.717) is 12.5 Å². The summed E-state index contributed by atoms with van der Waals surface area (Å²) in [5.41, 5.74) is 0. The van der Waals surface area contributed by atoms with E-state index in [2.05, 4.69) is 15.6 Å². The Bertz CT molecular complexity index is 273. The highest BCUT2D eigenvalue weighted by Gasteiger charge is 2.21. The molecule has 0 aliphatic heterocycles. The van der Waals surface area contributed by atoms with Crippen molar-refractivity contribution in [3.8, 4) is 0 Å². The van der Waals surface area contributed by atoms with E-state index in [-0.39, 0.29) is 12.1 Å². The Kier molecular flexibility index (Phi) is 5.80. The van der Waals surface area contributed by atoms with Crippen molar-refractivity contribution in [2.75, 3.05) is 13.6 Å². The Morgan fingerprint density at radius 3 is 2.71 bits per heavy atom. The van der Waals surface area contributed by atoms with Crippen LogP contribution >= 0.6 is 0 Å². The van der Waals surface area contributed by atoms with Gasteiger partial charge in [-0.15, -0.1) is 0 Å². The van der Waals surface area contributed by atoms with E-state index in [1.54, 1.807) is 7.05 Å². The van der Waals surface area contributed by atoms with Gasteiger partial charge in [0, 0.05) is 26.1 Å². The van der Waals surface area contributed by atoms with Crippen LogP contribution in [0.1, 0.15) is 39.5 Å². The summed E-state index contributed by atoms with van der Waals surface area (Å²) in [6.07, 6.45) is 3.63. The zero-order valence-corrected chi connectivity index (χ0v) is 11.0. The molecule has 0 atom stereocenters. The molecule has 1 rings (SSSR count). The Balaban J connectivity index is 2.03. The summed E-state index contributed by atoms with van der Waals surface area (Å²) in [5, 5.41) is 6.46. The molecule has 98 valence electrons. The lowest BCUT2D eigenvalue weighted by Crippen LogP contribution is -2.39. The summed E-state index contributed by atoms with van der Waals surface area (Å²) >= 11 is 0. The third-order valence-corrected chi connectivity index (χ3v) is 2.36. The van der Waals surface area contributed by atoms with Crippen molar-refractivity contribution in [1.82, 2.24) is 10.6 Å². The van der Waals surface area contributed by atoms with Gasteiger partial charge in [-0.3, -0.25) is 9.79 Å². The monoisotopic (exact) mass is 241 g/mol. The predicted molar refractivity (Wildman–Crippen MR) is 68.0 cm³/mol. The van der Waals surface area contributed by atoms with Crippen LogP contribution in [0, 0.1) is 0 Å². The molecule has 0 aromatic carbocycles. The number of rotatable bonds is 6.